The number of rotatable bonds is 3. The number of carbonyl (C=O) groups excluding carboxylic acids is 1. The van der Waals surface area contributed by atoms with Crippen LogP contribution in [0.5, 0.6) is 0 Å². The van der Waals surface area contributed by atoms with Gasteiger partial charge in [0.15, 0.2) is 11.6 Å². The largest absolute Gasteiger partial charge is 0.371 e. The summed E-state index contributed by atoms with van der Waals surface area (Å²) in [5, 5.41) is 2.43. The van der Waals surface area contributed by atoms with Crippen molar-refractivity contribution in [2.24, 2.45) is 0 Å². The lowest BCUT2D eigenvalue weighted by Crippen LogP contribution is -2.36. The average Bonchev–Trinajstić information content (AvgIpc) is 2.23. The number of likely N-dealkylation sites (N-methyl/N-ethyl adjacent to an activating group) is 1. The Labute approximate surface area is 97.2 Å². The predicted molar refractivity (Wildman–Crippen MR) is 58.1 cm³/mol. The number of hydrogen-bond donors (Lipinski definition) is 1. The highest BCUT2D eigenvalue weighted by Crippen LogP contribution is 2.20. The van der Waals surface area contributed by atoms with Crippen LogP contribution in [0.2, 0.25) is 0 Å². The van der Waals surface area contributed by atoms with Crippen molar-refractivity contribution in [2.75, 3.05) is 19.4 Å². The Kier molecular flexibility index (Phi) is 3.98. The Morgan fingerprint density at radius 2 is 1.88 bits per heavy atom. The number of benzene rings is 1. The summed E-state index contributed by atoms with van der Waals surface area (Å²) in [6, 6.07) is 0.470. The van der Waals surface area contributed by atoms with Crippen LogP contribution < -0.4 is 5.32 Å². The molecule has 0 heterocycles. The molecule has 1 rings (SSSR count). The van der Waals surface area contributed by atoms with E-state index in [1.165, 1.54) is 25.9 Å². The minimum absolute atomic E-state index is 0.325. The van der Waals surface area contributed by atoms with E-state index in [9.17, 15) is 18.0 Å². The Bertz CT molecular complexity index is 435. The van der Waals surface area contributed by atoms with Crippen molar-refractivity contribution < 1.29 is 18.0 Å². The van der Waals surface area contributed by atoms with Crippen molar-refractivity contribution in [3.8, 4) is 0 Å². The molecule has 0 spiro atoms. The third-order valence-corrected chi connectivity index (χ3v) is 2.18. The SMILES string of the molecule is CC(Nc1cc(F)cc(F)c1F)C(=O)N(C)C. The third kappa shape index (κ3) is 3.12. The van der Waals surface area contributed by atoms with Gasteiger partial charge in [0.2, 0.25) is 5.91 Å². The van der Waals surface area contributed by atoms with E-state index in [-0.39, 0.29) is 11.6 Å². The van der Waals surface area contributed by atoms with Crippen molar-refractivity contribution in [1.82, 2.24) is 4.90 Å². The van der Waals surface area contributed by atoms with Crippen LogP contribution in [0.4, 0.5) is 18.9 Å². The quantitative estimate of drug-likeness (QED) is 0.827. The number of hydrogen-bond acceptors (Lipinski definition) is 2. The highest BCUT2D eigenvalue weighted by atomic mass is 19.2. The molecule has 3 nitrogen and oxygen atoms in total. The van der Waals surface area contributed by atoms with E-state index in [1.807, 2.05) is 0 Å². The predicted octanol–water partition coefficient (Wildman–Crippen LogP) is 1.99. The smallest absolute Gasteiger partial charge is 0.244 e. The lowest BCUT2D eigenvalue weighted by Gasteiger charge is -2.19. The first-order chi connectivity index (χ1) is 7.82. The van der Waals surface area contributed by atoms with E-state index in [0.717, 1.165) is 6.07 Å². The van der Waals surface area contributed by atoms with Crippen molar-refractivity contribution in [2.45, 2.75) is 13.0 Å². The molecule has 6 heteroatoms. The fourth-order valence-electron chi connectivity index (χ4n) is 1.34. The summed E-state index contributed by atoms with van der Waals surface area (Å²) < 4.78 is 39.1. The maximum atomic E-state index is 13.3. The van der Waals surface area contributed by atoms with Crippen molar-refractivity contribution in [3.63, 3.8) is 0 Å². The molecule has 0 aliphatic heterocycles. The van der Waals surface area contributed by atoms with Gasteiger partial charge in [-0.15, -0.1) is 0 Å². The lowest BCUT2D eigenvalue weighted by atomic mass is 10.2. The summed E-state index contributed by atoms with van der Waals surface area (Å²) in [7, 11) is 3.06. The van der Waals surface area contributed by atoms with Crippen molar-refractivity contribution >= 4 is 11.6 Å². The molecule has 1 amide bonds. The molecule has 1 atom stereocenters. The summed E-state index contributed by atoms with van der Waals surface area (Å²) in [4.78, 5) is 12.8. The van der Waals surface area contributed by atoms with Gasteiger partial charge in [-0.1, -0.05) is 0 Å². The van der Waals surface area contributed by atoms with Gasteiger partial charge in [-0.3, -0.25) is 4.79 Å². The van der Waals surface area contributed by atoms with Crippen LogP contribution >= 0.6 is 0 Å². The first-order valence-corrected chi connectivity index (χ1v) is 4.95. The first-order valence-electron chi connectivity index (χ1n) is 4.95. The molecule has 0 aromatic heterocycles. The molecule has 0 bridgehead atoms. The zero-order chi connectivity index (χ0) is 13.2. The van der Waals surface area contributed by atoms with Crippen molar-refractivity contribution in [1.29, 1.82) is 0 Å². The number of carbonyl (C=O) groups is 1. The van der Waals surface area contributed by atoms with Crippen LogP contribution in [0.3, 0.4) is 0 Å². The maximum absolute atomic E-state index is 13.3. The fraction of sp³-hybridized carbons (Fsp3) is 0.364. The molecule has 1 aromatic rings. The molecule has 0 radical (unpaired) electrons. The molecule has 1 N–H and O–H groups in total. The molecule has 0 saturated carbocycles. The molecule has 0 aliphatic rings. The molecular formula is C11H13F3N2O. The normalized spacial score (nSPS) is 12.1. The van der Waals surface area contributed by atoms with Gasteiger partial charge in [-0.05, 0) is 6.92 Å². The molecule has 1 aromatic carbocycles. The number of amides is 1. The maximum Gasteiger partial charge on any atom is 0.244 e. The lowest BCUT2D eigenvalue weighted by molar-refractivity contribution is -0.129. The first kappa shape index (κ1) is 13.3. The highest BCUT2D eigenvalue weighted by Gasteiger charge is 2.18. The van der Waals surface area contributed by atoms with E-state index >= 15 is 0 Å². The number of anilines is 1. The Hall–Kier alpha value is -1.72. The number of nitrogens with one attached hydrogen (secondary N) is 1. The van der Waals surface area contributed by atoms with Gasteiger partial charge in [0.05, 0.1) is 5.69 Å². The fourth-order valence-corrected chi connectivity index (χ4v) is 1.34. The minimum atomic E-state index is -1.29. The summed E-state index contributed by atoms with van der Waals surface area (Å²) in [6.45, 7) is 1.48. The van der Waals surface area contributed by atoms with E-state index in [0.29, 0.717) is 6.07 Å². The van der Waals surface area contributed by atoms with E-state index < -0.39 is 23.5 Å². The molecule has 0 saturated heterocycles. The minimum Gasteiger partial charge on any atom is -0.371 e. The van der Waals surface area contributed by atoms with E-state index in [2.05, 4.69) is 5.32 Å². The van der Waals surface area contributed by atoms with Gasteiger partial charge < -0.3 is 10.2 Å². The molecule has 94 valence electrons. The summed E-state index contributed by atoms with van der Waals surface area (Å²) >= 11 is 0. The van der Waals surface area contributed by atoms with E-state index in [4.69, 9.17) is 0 Å². The second-order valence-corrected chi connectivity index (χ2v) is 3.85. The third-order valence-electron chi connectivity index (χ3n) is 2.18. The second kappa shape index (κ2) is 5.07. The molecule has 0 aliphatic carbocycles. The van der Waals surface area contributed by atoms with Gasteiger partial charge in [0, 0.05) is 26.2 Å². The topological polar surface area (TPSA) is 32.3 Å². The van der Waals surface area contributed by atoms with Gasteiger partial charge in [-0.2, -0.15) is 0 Å². The van der Waals surface area contributed by atoms with Crippen molar-refractivity contribution in [3.05, 3.63) is 29.6 Å². The van der Waals surface area contributed by atoms with Crippen LogP contribution in [0, 0.1) is 17.5 Å². The number of halogens is 3. The standard InChI is InChI=1S/C11H13F3N2O/c1-6(11(17)16(2)3)15-9-5-7(12)4-8(13)10(9)14/h4-6,15H,1-3H3. The monoisotopic (exact) mass is 246 g/mol. The highest BCUT2D eigenvalue weighted by molar-refractivity contribution is 5.83. The molecular weight excluding hydrogens is 233 g/mol. The van der Waals surface area contributed by atoms with Gasteiger partial charge in [-0.25, -0.2) is 13.2 Å². The van der Waals surface area contributed by atoms with Gasteiger partial charge >= 0.3 is 0 Å². The van der Waals surface area contributed by atoms with Crippen LogP contribution in [0.1, 0.15) is 6.92 Å². The molecule has 0 fully saturated rings. The van der Waals surface area contributed by atoms with Gasteiger partial charge in [0.1, 0.15) is 11.9 Å². The number of nitrogens with zero attached hydrogens (tertiary/aromatic N) is 1. The van der Waals surface area contributed by atoms with Crippen LogP contribution in [0.25, 0.3) is 0 Å². The average molecular weight is 246 g/mol. The van der Waals surface area contributed by atoms with E-state index in [1.54, 1.807) is 0 Å². The zero-order valence-electron chi connectivity index (χ0n) is 9.72. The second-order valence-electron chi connectivity index (χ2n) is 3.85. The van der Waals surface area contributed by atoms with Crippen LogP contribution in [-0.2, 0) is 4.79 Å². The molecule has 1 unspecified atom stereocenters. The van der Waals surface area contributed by atoms with Crippen LogP contribution in [0.15, 0.2) is 12.1 Å². The summed E-state index contributed by atoms with van der Waals surface area (Å²) in [6.07, 6.45) is 0. The van der Waals surface area contributed by atoms with Crippen LogP contribution in [-0.4, -0.2) is 30.9 Å². The Balaban J connectivity index is 2.92. The summed E-state index contributed by atoms with van der Waals surface area (Å²) in [5.41, 5.74) is -0.370. The Morgan fingerprint density at radius 1 is 1.29 bits per heavy atom. The Morgan fingerprint density at radius 3 is 2.41 bits per heavy atom. The van der Waals surface area contributed by atoms with Gasteiger partial charge in [0.25, 0.3) is 0 Å². The zero-order valence-corrected chi connectivity index (χ0v) is 9.72. The summed E-state index contributed by atoms with van der Waals surface area (Å²) in [5.74, 6) is -3.73. The molecule has 17 heavy (non-hydrogen) atoms.